The van der Waals surface area contributed by atoms with E-state index in [1.54, 1.807) is 16.8 Å². The summed E-state index contributed by atoms with van der Waals surface area (Å²) in [6, 6.07) is 0.533. The van der Waals surface area contributed by atoms with E-state index < -0.39 is 61.3 Å². The molecule has 0 radical (unpaired) electrons. The highest BCUT2D eigenvalue weighted by Crippen LogP contribution is 2.36. The van der Waals surface area contributed by atoms with Crippen LogP contribution in [0.5, 0.6) is 0 Å². The number of amides is 2. The molecule has 0 saturated carbocycles. The highest BCUT2D eigenvalue weighted by molar-refractivity contribution is 7.08. The van der Waals surface area contributed by atoms with E-state index in [9.17, 15) is 36.6 Å². The fourth-order valence-electron chi connectivity index (χ4n) is 4.18. The molecule has 3 N–H and O–H groups in total. The minimum atomic E-state index is -4.70. The van der Waals surface area contributed by atoms with Crippen LogP contribution in [0.15, 0.2) is 16.8 Å². The molecule has 4 rings (SSSR count). The molecule has 0 aromatic carbocycles. The molecule has 14 heteroatoms. The van der Waals surface area contributed by atoms with Crippen LogP contribution >= 0.6 is 11.3 Å². The van der Waals surface area contributed by atoms with Gasteiger partial charge >= 0.3 is 6.18 Å². The Labute approximate surface area is 200 Å². The highest BCUT2D eigenvalue weighted by atomic mass is 32.1. The van der Waals surface area contributed by atoms with Crippen LogP contribution in [0.1, 0.15) is 36.2 Å². The van der Waals surface area contributed by atoms with Crippen molar-refractivity contribution in [2.75, 3.05) is 13.1 Å². The molecule has 2 aliphatic heterocycles. The van der Waals surface area contributed by atoms with Gasteiger partial charge in [0.15, 0.2) is 17.7 Å². The van der Waals surface area contributed by atoms with Crippen LogP contribution < -0.4 is 5.73 Å². The van der Waals surface area contributed by atoms with Crippen LogP contribution in [0.3, 0.4) is 0 Å². The Hall–Kier alpha value is -2.71. The normalized spacial score (nSPS) is 21.1. The SMILES string of the molecule is N[C@H](CC(=O)N1CCc2c(nc(-c3ccsc3)nc2C(F)(F)F)C1)CN1C(=O)CCC(F)(F)C1O. The molecular weight excluding hydrogens is 497 g/mol. The zero-order valence-corrected chi connectivity index (χ0v) is 19.1. The quantitative estimate of drug-likeness (QED) is 0.587. The summed E-state index contributed by atoms with van der Waals surface area (Å²) in [6.07, 6.45) is -8.74. The third-order valence-corrected chi connectivity index (χ3v) is 6.68. The van der Waals surface area contributed by atoms with Crippen molar-refractivity contribution in [3.63, 3.8) is 0 Å². The molecule has 1 fully saturated rings. The zero-order chi connectivity index (χ0) is 25.5. The van der Waals surface area contributed by atoms with E-state index in [1.165, 1.54) is 16.2 Å². The predicted octanol–water partition coefficient (Wildman–Crippen LogP) is 2.40. The maximum absolute atomic E-state index is 13.8. The van der Waals surface area contributed by atoms with Gasteiger partial charge in [-0.25, -0.2) is 18.7 Å². The van der Waals surface area contributed by atoms with Gasteiger partial charge in [0.25, 0.3) is 5.92 Å². The molecule has 2 aromatic heterocycles. The number of aliphatic hydroxyl groups is 1. The average Bonchev–Trinajstić information content (AvgIpc) is 3.33. The molecule has 1 unspecified atom stereocenters. The number of piperidine rings is 1. The summed E-state index contributed by atoms with van der Waals surface area (Å²) >= 11 is 1.28. The fraction of sp³-hybridized carbons (Fsp3) is 0.524. The van der Waals surface area contributed by atoms with Crippen molar-refractivity contribution in [1.82, 2.24) is 19.8 Å². The number of alkyl halides is 5. The predicted molar refractivity (Wildman–Crippen MR) is 114 cm³/mol. The smallest absolute Gasteiger partial charge is 0.368 e. The van der Waals surface area contributed by atoms with Gasteiger partial charge in [0.2, 0.25) is 11.8 Å². The van der Waals surface area contributed by atoms with Crippen molar-refractivity contribution in [1.29, 1.82) is 0 Å². The summed E-state index contributed by atoms with van der Waals surface area (Å²) in [5, 5.41) is 13.1. The van der Waals surface area contributed by atoms with Crippen molar-refractivity contribution in [3.8, 4) is 11.4 Å². The topological polar surface area (TPSA) is 113 Å². The van der Waals surface area contributed by atoms with Gasteiger partial charge in [-0.3, -0.25) is 9.59 Å². The number of fused-ring (bicyclic) bond motifs is 1. The summed E-state index contributed by atoms with van der Waals surface area (Å²) in [5.41, 5.74) is 5.31. The van der Waals surface area contributed by atoms with Gasteiger partial charge < -0.3 is 20.6 Å². The number of aromatic nitrogens is 2. The van der Waals surface area contributed by atoms with Gasteiger partial charge in [0.1, 0.15) is 0 Å². The number of carbonyl (C=O) groups excluding carboxylic acids is 2. The van der Waals surface area contributed by atoms with Gasteiger partial charge in [-0.1, -0.05) is 0 Å². The third-order valence-electron chi connectivity index (χ3n) is 6.00. The number of aliphatic hydroxyl groups excluding tert-OH is 1. The van der Waals surface area contributed by atoms with Crippen LogP contribution in [0, 0.1) is 0 Å². The lowest BCUT2D eigenvalue weighted by Crippen LogP contribution is -2.58. The molecule has 8 nitrogen and oxygen atoms in total. The molecule has 0 aliphatic carbocycles. The Balaban J connectivity index is 1.48. The van der Waals surface area contributed by atoms with Gasteiger partial charge in [0.05, 0.1) is 12.2 Å². The molecular formula is C21H22F5N5O3S. The number of thiophene rings is 1. The van der Waals surface area contributed by atoms with Crippen molar-refractivity contribution in [3.05, 3.63) is 33.8 Å². The Kier molecular flexibility index (Phi) is 6.81. The number of nitrogens with two attached hydrogens (primary N) is 1. The van der Waals surface area contributed by atoms with Gasteiger partial charge in [0, 0.05) is 54.9 Å². The Bertz CT molecular complexity index is 1110. The van der Waals surface area contributed by atoms with Crippen LogP contribution in [0.2, 0.25) is 0 Å². The molecule has 1 saturated heterocycles. The maximum atomic E-state index is 13.8. The molecule has 0 bridgehead atoms. The molecule has 2 amide bonds. The largest absolute Gasteiger partial charge is 0.433 e. The van der Waals surface area contributed by atoms with Crippen molar-refractivity contribution < 1.29 is 36.6 Å². The first-order valence-electron chi connectivity index (χ1n) is 10.7. The third kappa shape index (κ3) is 5.28. The number of halogens is 5. The fourth-order valence-corrected chi connectivity index (χ4v) is 4.82. The van der Waals surface area contributed by atoms with E-state index in [4.69, 9.17) is 5.73 Å². The molecule has 190 valence electrons. The lowest BCUT2D eigenvalue weighted by molar-refractivity contribution is -0.205. The summed E-state index contributed by atoms with van der Waals surface area (Å²) in [5.74, 6) is -4.81. The second-order valence-electron chi connectivity index (χ2n) is 8.54. The molecule has 2 aliphatic rings. The van der Waals surface area contributed by atoms with E-state index >= 15 is 0 Å². The number of nitrogens with zero attached hydrogens (tertiary/aromatic N) is 4. The molecule has 0 spiro atoms. The first kappa shape index (κ1) is 25.4. The maximum Gasteiger partial charge on any atom is 0.433 e. The number of likely N-dealkylation sites (tertiary alicyclic amines) is 1. The van der Waals surface area contributed by atoms with Crippen LogP contribution in [0.4, 0.5) is 22.0 Å². The summed E-state index contributed by atoms with van der Waals surface area (Å²) < 4.78 is 68.6. The Morgan fingerprint density at radius 3 is 2.71 bits per heavy atom. The van der Waals surface area contributed by atoms with Crippen molar-refractivity contribution >= 4 is 23.2 Å². The molecule has 35 heavy (non-hydrogen) atoms. The highest BCUT2D eigenvalue weighted by Gasteiger charge is 2.48. The first-order chi connectivity index (χ1) is 16.4. The van der Waals surface area contributed by atoms with Gasteiger partial charge in [-0.05, 0) is 17.9 Å². The molecule has 2 atom stereocenters. The second kappa shape index (κ2) is 9.39. The second-order valence-corrected chi connectivity index (χ2v) is 9.32. The first-order valence-corrected chi connectivity index (χ1v) is 11.7. The molecule has 4 heterocycles. The van der Waals surface area contributed by atoms with E-state index in [1.807, 2.05) is 0 Å². The monoisotopic (exact) mass is 519 g/mol. The number of rotatable bonds is 5. The van der Waals surface area contributed by atoms with Crippen molar-refractivity contribution in [2.45, 2.75) is 56.6 Å². The van der Waals surface area contributed by atoms with Gasteiger partial charge in [-0.15, -0.1) is 0 Å². The van der Waals surface area contributed by atoms with Gasteiger partial charge in [-0.2, -0.15) is 24.5 Å². The van der Waals surface area contributed by atoms with E-state index in [-0.39, 0.29) is 43.0 Å². The lowest BCUT2D eigenvalue weighted by atomic mass is 10.0. The minimum Gasteiger partial charge on any atom is -0.368 e. The standard InChI is InChI=1S/C21H22F5N5O3S/c22-20(23)4-1-15(32)31(19(20)34)8-12(27)7-16(33)30-5-2-13-14(9-30)28-18(11-3-6-35-10-11)29-17(13)21(24,25)26/h3,6,10,12,19,34H,1-2,4-5,7-9,27H2/t12-,19?/m1/s1. The average molecular weight is 519 g/mol. The molecule has 2 aromatic rings. The number of carbonyl (C=O) groups is 2. The Morgan fingerprint density at radius 2 is 2.06 bits per heavy atom. The van der Waals surface area contributed by atoms with Crippen LogP contribution in [-0.2, 0) is 28.7 Å². The number of hydrogen-bond donors (Lipinski definition) is 2. The Morgan fingerprint density at radius 1 is 1.31 bits per heavy atom. The number of hydrogen-bond acceptors (Lipinski definition) is 7. The lowest BCUT2D eigenvalue weighted by Gasteiger charge is -2.38. The zero-order valence-electron chi connectivity index (χ0n) is 18.3. The van der Waals surface area contributed by atoms with Crippen LogP contribution in [0.25, 0.3) is 11.4 Å². The minimum absolute atomic E-state index is 0.0356. The van der Waals surface area contributed by atoms with Crippen molar-refractivity contribution in [2.24, 2.45) is 5.73 Å². The van der Waals surface area contributed by atoms with E-state index in [0.717, 1.165) is 0 Å². The van der Waals surface area contributed by atoms with Crippen LogP contribution in [-0.4, -0.2) is 68.0 Å². The van der Waals surface area contributed by atoms with E-state index in [0.29, 0.717) is 10.5 Å². The van der Waals surface area contributed by atoms with E-state index in [2.05, 4.69) is 9.97 Å². The summed E-state index contributed by atoms with van der Waals surface area (Å²) in [4.78, 5) is 34.6. The summed E-state index contributed by atoms with van der Waals surface area (Å²) in [6.45, 7) is -0.701. The summed E-state index contributed by atoms with van der Waals surface area (Å²) in [7, 11) is 0.